The fourth-order valence-electron chi connectivity index (χ4n) is 3.03. The number of nitrogens with zero attached hydrogens (tertiary/aromatic N) is 4. The molecular weight excluding hydrogens is 326 g/mol. The molecule has 1 aromatic carbocycles. The minimum atomic E-state index is -0.240. The van der Waals surface area contributed by atoms with Gasteiger partial charge in [-0.3, -0.25) is 9.48 Å². The largest absolute Gasteiger partial charge is 0.305 e. The molecule has 2 heterocycles. The lowest BCUT2D eigenvalue weighted by atomic mass is 10.2. The number of aryl methyl sites for hydroxylation is 2. The van der Waals surface area contributed by atoms with Gasteiger partial charge < -0.3 is 5.32 Å². The number of aromatic nitrogens is 4. The van der Waals surface area contributed by atoms with Gasteiger partial charge in [-0.25, -0.2) is 9.97 Å². The molecule has 1 aliphatic rings. The summed E-state index contributed by atoms with van der Waals surface area (Å²) in [4.78, 5) is 21.6. The maximum Gasteiger partial charge on any atom is 0.277 e. The number of amides is 1. The van der Waals surface area contributed by atoms with Gasteiger partial charge in [-0.05, 0) is 32.8 Å². The SMILES string of the molecule is CCn1nc(C(=O)Nc2cc(C)nc(-c3ccccc3)n2)cc1C1CC1. The molecule has 2 aromatic heterocycles. The Labute approximate surface area is 152 Å². The van der Waals surface area contributed by atoms with Gasteiger partial charge in [0.2, 0.25) is 0 Å². The highest BCUT2D eigenvalue weighted by atomic mass is 16.2. The summed E-state index contributed by atoms with van der Waals surface area (Å²) >= 11 is 0. The summed E-state index contributed by atoms with van der Waals surface area (Å²) in [7, 11) is 0. The van der Waals surface area contributed by atoms with Gasteiger partial charge in [0.25, 0.3) is 5.91 Å². The highest BCUT2D eigenvalue weighted by molar-refractivity contribution is 6.02. The van der Waals surface area contributed by atoms with Crippen LogP contribution in [0.1, 0.15) is 47.6 Å². The lowest BCUT2D eigenvalue weighted by Gasteiger charge is -2.07. The summed E-state index contributed by atoms with van der Waals surface area (Å²) < 4.78 is 1.92. The molecule has 1 amide bonds. The van der Waals surface area contributed by atoms with Gasteiger partial charge in [0.05, 0.1) is 0 Å². The molecule has 132 valence electrons. The van der Waals surface area contributed by atoms with Crippen LogP contribution in [0.3, 0.4) is 0 Å². The molecule has 0 aliphatic heterocycles. The quantitative estimate of drug-likeness (QED) is 0.762. The maximum absolute atomic E-state index is 12.7. The van der Waals surface area contributed by atoms with Crippen molar-refractivity contribution in [1.29, 1.82) is 0 Å². The van der Waals surface area contributed by atoms with Gasteiger partial charge >= 0.3 is 0 Å². The van der Waals surface area contributed by atoms with E-state index in [1.54, 1.807) is 6.07 Å². The highest BCUT2D eigenvalue weighted by Crippen LogP contribution is 2.40. The Bertz CT molecular complexity index is 944. The van der Waals surface area contributed by atoms with Crippen LogP contribution >= 0.6 is 0 Å². The first kappa shape index (κ1) is 16.4. The first-order valence-corrected chi connectivity index (χ1v) is 8.94. The van der Waals surface area contributed by atoms with Crippen molar-refractivity contribution in [2.24, 2.45) is 0 Å². The van der Waals surface area contributed by atoms with Crippen LogP contribution in [0.4, 0.5) is 5.82 Å². The number of carbonyl (C=O) groups excluding carboxylic acids is 1. The zero-order valence-corrected chi connectivity index (χ0v) is 14.9. The second-order valence-corrected chi connectivity index (χ2v) is 6.58. The topological polar surface area (TPSA) is 72.7 Å². The fourth-order valence-corrected chi connectivity index (χ4v) is 3.03. The summed E-state index contributed by atoms with van der Waals surface area (Å²) in [5.74, 6) is 1.39. The minimum Gasteiger partial charge on any atom is -0.305 e. The molecule has 1 N–H and O–H groups in total. The number of rotatable bonds is 5. The average Bonchev–Trinajstić information content (AvgIpc) is 3.40. The first-order valence-electron chi connectivity index (χ1n) is 8.94. The standard InChI is InChI=1S/C20H21N5O/c1-3-25-17(14-9-10-14)12-16(24-25)20(26)23-18-11-13(2)21-19(22-18)15-7-5-4-6-8-15/h4-8,11-12,14H,3,9-10H2,1-2H3,(H,21,22,23,26). The monoisotopic (exact) mass is 347 g/mol. The molecule has 6 heteroatoms. The second kappa shape index (κ2) is 6.71. The smallest absolute Gasteiger partial charge is 0.277 e. The van der Waals surface area contributed by atoms with Gasteiger partial charge in [0.1, 0.15) is 5.82 Å². The third kappa shape index (κ3) is 3.35. The Balaban J connectivity index is 1.59. The summed E-state index contributed by atoms with van der Waals surface area (Å²) in [5, 5.41) is 7.32. The molecule has 0 unspecified atom stereocenters. The molecule has 0 spiro atoms. The molecule has 3 aromatic rings. The van der Waals surface area contributed by atoms with Gasteiger partial charge in [0, 0.05) is 35.5 Å². The van der Waals surface area contributed by atoms with Crippen molar-refractivity contribution in [3.8, 4) is 11.4 Å². The fraction of sp³-hybridized carbons (Fsp3) is 0.300. The van der Waals surface area contributed by atoms with Crippen molar-refractivity contribution in [2.45, 2.75) is 39.2 Å². The first-order chi connectivity index (χ1) is 12.6. The molecule has 0 bridgehead atoms. The van der Waals surface area contributed by atoms with E-state index in [9.17, 15) is 4.79 Å². The zero-order valence-electron chi connectivity index (χ0n) is 14.9. The van der Waals surface area contributed by atoms with Crippen LogP contribution < -0.4 is 5.32 Å². The molecule has 0 radical (unpaired) electrons. The Morgan fingerprint density at radius 1 is 1.19 bits per heavy atom. The Hall–Kier alpha value is -3.02. The van der Waals surface area contributed by atoms with Gasteiger partial charge in [-0.1, -0.05) is 30.3 Å². The molecule has 1 saturated carbocycles. The van der Waals surface area contributed by atoms with Crippen LogP contribution in [-0.2, 0) is 6.54 Å². The molecule has 1 aliphatic carbocycles. The van der Waals surface area contributed by atoms with Crippen molar-refractivity contribution in [2.75, 3.05) is 5.32 Å². The van der Waals surface area contributed by atoms with E-state index in [2.05, 4.69) is 20.4 Å². The lowest BCUT2D eigenvalue weighted by molar-refractivity contribution is 0.102. The molecular formula is C20H21N5O. The van der Waals surface area contributed by atoms with E-state index < -0.39 is 0 Å². The number of nitrogens with one attached hydrogen (secondary N) is 1. The zero-order chi connectivity index (χ0) is 18.1. The molecule has 0 atom stereocenters. The van der Waals surface area contributed by atoms with Crippen LogP contribution in [0.5, 0.6) is 0 Å². The van der Waals surface area contributed by atoms with Gasteiger partial charge in [-0.2, -0.15) is 5.10 Å². The van der Waals surface area contributed by atoms with Crippen LogP contribution in [0.25, 0.3) is 11.4 Å². The summed E-state index contributed by atoms with van der Waals surface area (Å²) in [6, 6.07) is 13.4. The normalized spacial score (nSPS) is 13.6. The van der Waals surface area contributed by atoms with Gasteiger partial charge in [-0.15, -0.1) is 0 Å². The number of benzene rings is 1. The predicted octanol–water partition coefficient (Wildman–Crippen LogP) is 3.80. The Morgan fingerprint density at radius 3 is 2.65 bits per heavy atom. The van der Waals surface area contributed by atoms with Crippen LogP contribution in [0.15, 0.2) is 42.5 Å². The molecule has 6 nitrogen and oxygen atoms in total. The van der Waals surface area contributed by atoms with E-state index in [4.69, 9.17) is 0 Å². The second-order valence-electron chi connectivity index (χ2n) is 6.58. The van der Waals surface area contributed by atoms with Crippen molar-refractivity contribution in [3.63, 3.8) is 0 Å². The molecule has 1 fully saturated rings. The van der Waals surface area contributed by atoms with Gasteiger partial charge in [0.15, 0.2) is 11.5 Å². The third-order valence-corrected chi connectivity index (χ3v) is 4.47. The molecule has 4 rings (SSSR count). The third-order valence-electron chi connectivity index (χ3n) is 4.47. The Morgan fingerprint density at radius 2 is 1.96 bits per heavy atom. The Kier molecular flexibility index (Phi) is 4.24. The van der Waals surface area contributed by atoms with Crippen molar-refractivity contribution >= 4 is 11.7 Å². The van der Waals surface area contributed by atoms with E-state index in [-0.39, 0.29) is 5.91 Å². The van der Waals surface area contributed by atoms with Crippen LogP contribution in [-0.4, -0.2) is 25.7 Å². The number of hydrogen-bond donors (Lipinski definition) is 1. The summed E-state index contributed by atoms with van der Waals surface area (Å²) in [6.07, 6.45) is 2.36. The van der Waals surface area contributed by atoms with Crippen LogP contribution in [0.2, 0.25) is 0 Å². The summed E-state index contributed by atoms with van der Waals surface area (Å²) in [6.45, 7) is 4.70. The highest BCUT2D eigenvalue weighted by Gasteiger charge is 2.29. The average molecular weight is 347 g/mol. The molecule has 26 heavy (non-hydrogen) atoms. The lowest BCUT2D eigenvalue weighted by Crippen LogP contribution is -2.15. The van der Waals surface area contributed by atoms with E-state index in [0.29, 0.717) is 23.3 Å². The van der Waals surface area contributed by atoms with E-state index in [1.807, 2.05) is 54.9 Å². The van der Waals surface area contributed by atoms with E-state index >= 15 is 0 Å². The summed E-state index contributed by atoms with van der Waals surface area (Å²) in [5.41, 5.74) is 3.30. The van der Waals surface area contributed by atoms with E-state index in [0.717, 1.165) is 23.5 Å². The maximum atomic E-state index is 12.7. The number of anilines is 1. The van der Waals surface area contributed by atoms with Crippen molar-refractivity contribution in [1.82, 2.24) is 19.7 Å². The number of carbonyl (C=O) groups is 1. The van der Waals surface area contributed by atoms with E-state index in [1.165, 1.54) is 12.8 Å². The van der Waals surface area contributed by atoms with Crippen molar-refractivity contribution < 1.29 is 4.79 Å². The van der Waals surface area contributed by atoms with Crippen molar-refractivity contribution in [3.05, 3.63) is 59.5 Å². The minimum absolute atomic E-state index is 0.240. The molecule has 0 saturated heterocycles. The predicted molar refractivity (Wildman–Crippen MR) is 100 cm³/mol. The number of hydrogen-bond acceptors (Lipinski definition) is 4. The van der Waals surface area contributed by atoms with Crippen LogP contribution in [0, 0.1) is 6.92 Å².